The van der Waals surface area contributed by atoms with Gasteiger partial charge in [-0.2, -0.15) is 0 Å². The number of rotatable bonds is 10. The zero-order valence-corrected chi connectivity index (χ0v) is 23.4. The minimum Gasteiger partial charge on any atom is -0.463 e. The lowest BCUT2D eigenvalue weighted by Crippen LogP contribution is -2.48. The molecular weight excluding hydrogens is 521 g/mol. The standard InChI is InChI=1S/C34H34FNO5/c1-33(2,3)40-31(37)30(23-25-19-21-29(22-20-25)39-24-35)36-32(38)41-34(26-13-7-4-8-14-26,27-15-9-5-10-16-27)28-17-11-6-12-18-28/h4-22,30H,23-24H2,1-3H3,(H,36,38)/t30-/m1/s1. The Kier molecular flexibility index (Phi) is 9.40. The maximum Gasteiger partial charge on any atom is 0.409 e. The number of carbonyl (C=O) groups excluding carboxylic acids is 2. The van der Waals surface area contributed by atoms with Crippen molar-refractivity contribution in [1.82, 2.24) is 5.32 Å². The normalized spacial score (nSPS) is 12.2. The number of carbonyl (C=O) groups is 2. The molecule has 4 aromatic carbocycles. The summed E-state index contributed by atoms with van der Waals surface area (Å²) in [6.07, 6.45) is -0.677. The minimum absolute atomic E-state index is 0.120. The lowest BCUT2D eigenvalue weighted by atomic mass is 9.80. The van der Waals surface area contributed by atoms with Gasteiger partial charge in [0.25, 0.3) is 0 Å². The van der Waals surface area contributed by atoms with E-state index in [9.17, 15) is 14.0 Å². The summed E-state index contributed by atoms with van der Waals surface area (Å²) in [4.78, 5) is 27.1. The van der Waals surface area contributed by atoms with Crippen LogP contribution in [-0.4, -0.2) is 30.6 Å². The Morgan fingerprint density at radius 2 is 1.17 bits per heavy atom. The third-order valence-corrected chi connectivity index (χ3v) is 6.35. The molecule has 0 spiro atoms. The van der Waals surface area contributed by atoms with Crippen molar-refractivity contribution in [3.8, 4) is 5.75 Å². The summed E-state index contributed by atoms with van der Waals surface area (Å²) in [5.41, 5.74) is 0.853. The number of hydrogen-bond donors (Lipinski definition) is 1. The van der Waals surface area contributed by atoms with E-state index in [4.69, 9.17) is 14.2 Å². The zero-order valence-electron chi connectivity index (χ0n) is 23.4. The van der Waals surface area contributed by atoms with Gasteiger partial charge in [0.2, 0.25) is 6.86 Å². The van der Waals surface area contributed by atoms with Gasteiger partial charge in [0.1, 0.15) is 17.4 Å². The number of hydrogen-bond acceptors (Lipinski definition) is 5. The first-order chi connectivity index (χ1) is 19.7. The van der Waals surface area contributed by atoms with Gasteiger partial charge in [-0.1, -0.05) is 103 Å². The molecule has 1 N–H and O–H groups in total. The Bertz CT molecular complexity index is 1310. The third-order valence-electron chi connectivity index (χ3n) is 6.35. The minimum atomic E-state index is -1.31. The van der Waals surface area contributed by atoms with Crippen LogP contribution >= 0.6 is 0 Å². The summed E-state index contributed by atoms with van der Waals surface area (Å²) in [6.45, 7) is 4.33. The second kappa shape index (κ2) is 13.1. The maximum absolute atomic E-state index is 13.8. The van der Waals surface area contributed by atoms with Crippen LogP contribution in [0.5, 0.6) is 5.75 Å². The van der Waals surface area contributed by atoms with Gasteiger partial charge < -0.3 is 19.5 Å². The van der Waals surface area contributed by atoms with Gasteiger partial charge in [0.15, 0.2) is 5.60 Å². The molecule has 0 saturated heterocycles. The first kappa shape index (κ1) is 29.3. The van der Waals surface area contributed by atoms with E-state index in [-0.39, 0.29) is 6.42 Å². The Morgan fingerprint density at radius 1 is 0.707 bits per heavy atom. The summed E-state index contributed by atoms with van der Waals surface area (Å²) in [5, 5.41) is 2.77. The molecule has 0 aliphatic carbocycles. The van der Waals surface area contributed by atoms with Crippen LogP contribution in [0.15, 0.2) is 115 Å². The van der Waals surface area contributed by atoms with E-state index in [2.05, 4.69) is 5.32 Å². The quantitative estimate of drug-likeness (QED) is 0.169. The maximum atomic E-state index is 13.8. The summed E-state index contributed by atoms with van der Waals surface area (Å²) in [7, 11) is 0. The monoisotopic (exact) mass is 555 g/mol. The van der Waals surface area contributed by atoms with Gasteiger partial charge in [-0.05, 0) is 38.5 Å². The predicted molar refractivity (Wildman–Crippen MR) is 155 cm³/mol. The van der Waals surface area contributed by atoms with Crippen molar-refractivity contribution in [2.45, 2.75) is 44.4 Å². The second-order valence-corrected chi connectivity index (χ2v) is 10.5. The topological polar surface area (TPSA) is 73.9 Å². The zero-order chi connectivity index (χ0) is 29.3. The number of benzene rings is 4. The molecule has 4 aromatic rings. The van der Waals surface area contributed by atoms with Crippen LogP contribution in [0.1, 0.15) is 43.0 Å². The molecule has 0 radical (unpaired) electrons. The first-order valence-electron chi connectivity index (χ1n) is 13.4. The molecule has 0 unspecified atom stereocenters. The van der Waals surface area contributed by atoms with Crippen LogP contribution < -0.4 is 10.1 Å². The second-order valence-electron chi connectivity index (χ2n) is 10.5. The lowest BCUT2D eigenvalue weighted by molar-refractivity contribution is -0.157. The molecule has 41 heavy (non-hydrogen) atoms. The van der Waals surface area contributed by atoms with E-state index in [1.54, 1.807) is 45.0 Å². The molecular formula is C34H34FNO5. The number of alkyl halides is 1. The molecule has 1 atom stereocenters. The highest BCUT2D eigenvalue weighted by atomic mass is 19.1. The summed E-state index contributed by atoms with van der Waals surface area (Å²) >= 11 is 0. The van der Waals surface area contributed by atoms with Crippen molar-refractivity contribution >= 4 is 12.1 Å². The van der Waals surface area contributed by atoms with Crippen molar-refractivity contribution in [1.29, 1.82) is 0 Å². The molecule has 4 rings (SSSR count). The van der Waals surface area contributed by atoms with Crippen LogP contribution in [0, 0.1) is 0 Å². The highest BCUT2D eigenvalue weighted by Crippen LogP contribution is 2.40. The number of halogens is 1. The van der Waals surface area contributed by atoms with Gasteiger partial charge in [-0.15, -0.1) is 0 Å². The largest absolute Gasteiger partial charge is 0.463 e. The Balaban J connectivity index is 1.71. The van der Waals surface area contributed by atoms with Crippen molar-refractivity contribution in [2.75, 3.05) is 6.86 Å². The molecule has 7 heteroatoms. The van der Waals surface area contributed by atoms with Crippen molar-refractivity contribution in [3.63, 3.8) is 0 Å². The van der Waals surface area contributed by atoms with Crippen LogP contribution in [0.2, 0.25) is 0 Å². The molecule has 0 fully saturated rings. The fourth-order valence-corrected chi connectivity index (χ4v) is 4.59. The molecule has 0 heterocycles. The Hall–Kier alpha value is -4.65. The molecule has 0 aromatic heterocycles. The van der Waals surface area contributed by atoms with E-state index in [0.717, 1.165) is 16.7 Å². The molecule has 212 valence electrons. The highest BCUT2D eigenvalue weighted by molar-refractivity contribution is 5.82. The lowest BCUT2D eigenvalue weighted by Gasteiger charge is -2.35. The van der Waals surface area contributed by atoms with Crippen molar-refractivity contribution in [2.24, 2.45) is 0 Å². The van der Waals surface area contributed by atoms with E-state index >= 15 is 0 Å². The average Bonchev–Trinajstić information content (AvgIpc) is 2.97. The summed E-state index contributed by atoms with van der Waals surface area (Å²) in [6, 6.07) is 34.0. The van der Waals surface area contributed by atoms with Gasteiger partial charge in [-0.25, -0.2) is 14.0 Å². The van der Waals surface area contributed by atoms with Crippen LogP contribution in [-0.2, 0) is 26.3 Å². The van der Waals surface area contributed by atoms with Gasteiger partial charge in [-0.3, -0.25) is 0 Å². The van der Waals surface area contributed by atoms with Gasteiger partial charge >= 0.3 is 12.1 Å². The first-order valence-corrected chi connectivity index (χ1v) is 13.4. The number of esters is 1. The molecule has 0 aliphatic rings. The molecule has 0 saturated carbocycles. The molecule has 1 amide bonds. The van der Waals surface area contributed by atoms with Crippen LogP contribution in [0.3, 0.4) is 0 Å². The summed E-state index contributed by atoms with van der Waals surface area (Å²) in [5.74, 6) is -0.251. The van der Waals surface area contributed by atoms with E-state index in [1.807, 2.05) is 91.0 Å². The SMILES string of the molecule is CC(C)(C)OC(=O)[C@@H](Cc1ccc(OCF)cc1)NC(=O)OC(c1ccccc1)(c1ccccc1)c1ccccc1. The number of amides is 1. The average molecular weight is 556 g/mol. The fraction of sp³-hybridized carbons (Fsp3) is 0.235. The molecule has 0 aliphatic heterocycles. The smallest absolute Gasteiger partial charge is 0.409 e. The van der Waals surface area contributed by atoms with Crippen LogP contribution in [0.4, 0.5) is 9.18 Å². The predicted octanol–water partition coefficient (Wildman–Crippen LogP) is 6.96. The number of alkyl carbamates (subject to hydrolysis) is 1. The highest BCUT2D eigenvalue weighted by Gasteiger charge is 2.41. The van der Waals surface area contributed by atoms with Crippen LogP contribution in [0.25, 0.3) is 0 Å². The van der Waals surface area contributed by atoms with Crippen molar-refractivity contribution in [3.05, 3.63) is 138 Å². The Labute approximate surface area is 240 Å². The van der Waals surface area contributed by atoms with Gasteiger partial charge in [0, 0.05) is 23.1 Å². The summed E-state index contributed by atoms with van der Waals surface area (Å²) < 4.78 is 29.4. The van der Waals surface area contributed by atoms with E-state index in [0.29, 0.717) is 11.3 Å². The molecule has 0 bridgehead atoms. The fourth-order valence-electron chi connectivity index (χ4n) is 4.59. The number of ether oxygens (including phenoxy) is 3. The van der Waals surface area contributed by atoms with Gasteiger partial charge in [0.05, 0.1) is 0 Å². The van der Waals surface area contributed by atoms with Crippen molar-refractivity contribution < 1.29 is 28.2 Å². The third kappa shape index (κ3) is 7.51. The Morgan fingerprint density at radius 3 is 1.59 bits per heavy atom. The molecule has 6 nitrogen and oxygen atoms in total. The number of nitrogens with one attached hydrogen (secondary N) is 1. The van der Waals surface area contributed by atoms with E-state index < -0.39 is 36.2 Å². The van der Waals surface area contributed by atoms with E-state index in [1.165, 1.54) is 0 Å².